The maximum absolute atomic E-state index is 13.4. The highest BCUT2D eigenvalue weighted by atomic mass is 35.5. The molecule has 0 spiro atoms. The number of benzene rings is 2. The smallest absolute Gasteiger partial charge is 0.228 e. The van der Waals surface area contributed by atoms with Crippen molar-refractivity contribution in [3.05, 3.63) is 83.0 Å². The van der Waals surface area contributed by atoms with Gasteiger partial charge in [-0.3, -0.25) is 4.79 Å². The molecule has 132 valence electrons. The highest BCUT2D eigenvalue weighted by Crippen LogP contribution is 2.21. The van der Waals surface area contributed by atoms with E-state index >= 15 is 0 Å². The second kappa shape index (κ2) is 7.93. The van der Waals surface area contributed by atoms with Crippen molar-refractivity contribution in [1.82, 2.24) is 4.98 Å². The summed E-state index contributed by atoms with van der Waals surface area (Å²) in [5, 5.41) is 5.66. The zero-order chi connectivity index (χ0) is 18.5. The number of halogens is 3. The lowest BCUT2D eigenvalue weighted by Gasteiger charge is -2.09. The molecule has 0 aliphatic carbocycles. The van der Waals surface area contributed by atoms with Crippen molar-refractivity contribution >= 4 is 34.7 Å². The van der Waals surface area contributed by atoms with E-state index in [4.69, 9.17) is 11.6 Å². The Bertz CT molecular complexity index is 932. The summed E-state index contributed by atoms with van der Waals surface area (Å²) in [6, 6.07) is 13.4. The van der Waals surface area contributed by atoms with E-state index in [1.54, 1.807) is 30.3 Å². The number of anilines is 3. The molecule has 0 aliphatic rings. The van der Waals surface area contributed by atoms with Crippen molar-refractivity contribution in [1.29, 1.82) is 0 Å². The number of aromatic nitrogens is 1. The van der Waals surface area contributed by atoms with Gasteiger partial charge in [0.15, 0.2) is 0 Å². The van der Waals surface area contributed by atoms with Crippen molar-refractivity contribution in [2.45, 2.75) is 6.42 Å². The fourth-order valence-corrected chi connectivity index (χ4v) is 2.51. The van der Waals surface area contributed by atoms with Crippen LogP contribution in [0.1, 0.15) is 5.56 Å². The van der Waals surface area contributed by atoms with Crippen LogP contribution in [0.15, 0.2) is 60.8 Å². The summed E-state index contributed by atoms with van der Waals surface area (Å²) >= 11 is 5.87. The van der Waals surface area contributed by atoms with Crippen LogP contribution in [0.5, 0.6) is 0 Å². The van der Waals surface area contributed by atoms with Gasteiger partial charge < -0.3 is 10.6 Å². The first-order valence-electron chi connectivity index (χ1n) is 7.72. The van der Waals surface area contributed by atoms with Gasteiger partial charge in [0.2, 0.25) is 5.91 Å². The largest absolute Gasteiger partial charge is 0.340 e. The number of carbonyl (C=O) groups is 1. The zero-order valence-electron chi connectivity index (χ0n) is 13.5. The average Bonchev–Trinajstić information content (AvgIpc) is 2.61. The Labute approximate surface area is 153 Å². The van der Waals surface area contributed by atoms with E-state index in [9.17, 15) is 13.6 Å². The van der Waals surface area contributed by atoms with Gasteiger partial charge in [-0.15, -0.1) is 0 Å². The zero-order valence-corrected chi connectivity index (χ0v) is 14.2. The Balaban J connectivity index is 1.67. The monoisotopic (exact) mass is 373 g/mol. The van der Waals surface area contributed by atoms with Gasteiger partial charge in [0.1, 0.15) is 17.5 Å². The Morgan fingerprint density at radius 1 is 1.04 bits per heavy atom. The molecule has 0 bridgehead atoms. The van der Waals surface area contributed by atoms with Crippen LogP contribution < -0.4 is 10.6 Å². The minimum atomic E-state index is -0.563. The molecule has 2 aromatic carbocycles. The van der Waals surface area contributed by atoms with Gasteiger partial charge in [0.25, 0.3) is 0 Å². The standard InChI is InChI=1S/C19H14ClF2N3O/c20-19-12(2-1-3-16(19)22)10-18(26)25-15-8-9-23-17(11-15)24-14-6-4-13(21)5-7-14/h1-9,11H,10H2,(H2,23,24,25,26). The van der Waals surface area contributed by atoms with Gasteiger partial charge in [-0.2, -0.15) is 0 Å². The quantitative estimate of drug-likeness (QED) is 0.666. The van der Waals surface area contributed by atoms with Crippen LogP contribution in [0.25, 0.3) is 0 Å². The van der Waals surface area contributed by atoms with E-state index < -0.39 is 5.82 Å². The van der Waals surface area contributed by atoms with Crippen LogP contribution in [0.4, 0.5) is 26.0 Å². The molecule has 0 saturated heterocycles. The summed E-state index contributed by atoms with van der Waals surface area (Å²) in [6.45, 7) is 0. The predicted molar refractivity (Wildman–Crippen MR) is 97.7 cm³/mol. The highest BCUT2D eigenvalue weighted by molar-refractivity contribution is 6.31. The number of hydrogen-bond donors (Lipinski definition) is 2. The second-order valence-electron chi connectivity index (χ2n) is 5.50. The molecule has 1 aromatic heterocycles. The molecular formula is C19H14ClF2N3O. The first kappa shape index (κ1) is 17.8. The van der Waals surface area contributed by atoms with E-state index in [2.05, 4.69) is 15.6 Å². The molecule has 7 heteroatoms. The Morgan fingerprint density at radius 2 is 1.81 bits per heavy atom. The summed E-state index contributed by atoms with van der Waals surface area (Å²) < 4.78 is 26.4. The van der Waals surface area contributed by atoms with Crippen LogP contribution in [0.3, 0.4) is 0 Å². The molecule has 1 heterocycles. The second-order valence-corrected chi connectivity index (χ2v) is 5.88. The Kier molecular flexibility index (Phi) is 5.43. The maximum Gasteiger partial charge on any atom is 0.228 e. The van der Waals surface area contributed by atoms with Crippen molar-refractivity contribution in [3.8, 4) is 0 Å². The fraction of sp³-hybridized carbons (Fsp3) is 0.0526. The molecule has 0 atom stereocenters. The van der Waals surface area contributed by atoms with Crippen LogP contribution in [0, 0.1) is 11.6 Å². The van der Waals surface area contributed by atoms with Gasteiger partial charge in [0.05, 0.1) is 11.4 Å². The maximum atomic E-state index is 13.4. The topological polar surface area (TPSA) is 54.0 Å². The molecule has 2 N–H and O–H groups in total. The predicted octanol–water partition coefficient (Wildman–Crippen LogP) is 4.94. The van der Waals surface area contributed by atoms with Crippen molar-refractivity contribution in [2.24, 2.45) is 0 Å². The number of nitrogens with zero attached hydrogens (tertiary/aromatic N) is 1. The van der Waals surface area contributed by atoms with Gasteiger partial charge in [-0.1, -0.05) is 23.7 Å². The van der Waals surface area contributed by atoms with E-state index in [0.717, 1.165) is 0 Å². The molecule has 1 amide bonds. The first-order valence-corrected chi connectivity index (χ1v) is 8.10. The van der Waals surface area contributed by atoms with E-state index in [1.807, 2.05) is 0 Å². The highest BCUT2D eigenvalue weighted by Gasteiger charge is 2.11. The fourth-order valence-electron chi connectivity index (χ4n) is 2.32. The SMILES string of the molecule is O=C(Cc1cccc(F)c1Cl)Nc1ccnc(Nc2ccc(F)cc2)c1. The molecule has 0 fully saturated rings. The summed E-state index contributed by atoms with van der Waals surface area (Å²) in [6.07, 6.45) is 1.47. The van der Waals surface area contributed by atoms with Crippen molar-refractivity contribution in [2.75, 3.05) is 10.6 Å². The number of hydrogen-bond acceptors (Lipinski definition) is 3. The lowest BCUT2D eigenvalue weighted by atomic mass is 10.1. The lowest BCUT2D eigenvalue weighted by Crippen LogP contribution is -2.15. The molecular weight excluding hydrogens is 360 g/mol. The van der Waals surface area contributed by atoms with Crippen molar-refractivity contribution in [3.63, 3.8) is 0 Å². The molecule has 0 aliphatic heterocycles. The number of pyridine rings is 1. The molecule has 0 unspecified atom stereocenters. The van der Waals surface area contributed by atoms with Crippen LogP contribution in [0.2, 0.25) is 5.02 Å². The van der Waals surface area contributed by atoms with E-state index in [1.165, 1.54) is 30.5 Å². The van der Waals surface area contributed by atoms with Gasteiger partial charge in [-0.05, 0) is 42.0 Å². The van der Waals surface area contributed by atoms with Crippen LogP contribution in [-0.2, 0) is 11.2 Å². The molecule has 4 nitrogen and oxygen atoms in total. The lowest BCUT2D eigenvalue weighted by molar-refractivity contribution is -0.115. The van der Waals surface area contributed by atoms with Gasteiger partial charge >= 0.3 is 0 Å². The normalized spacial score (nSPS) is 10.4. The number of nitrogens with one attached hydrogen (secondary N) is 2. The molecule has 0 radical (unpaired) electrons. The van der Waals surface area contributed by atoms with Crippen LogP contribution in [-0.4, -0.2) is 10.9 Å². The van der Waals surface area contributed by atoms with E-state index in [-0.39, 0.29) is 23.2 Å². The van der Waals surface area contributed by atoms with E-state index in [0.29, 0.717) is 22.8 Å². The Morgan fingerprint density at radius 3 is 2.58 bits per heavy atom. The third-order valence-electron chi connectivity index (χ3n) is 3.54. The minimum Gasteiger partial charge on any atom is -0.340 e. The summed E-state index contributed by atoms with van der Waals surface area (Å²) in [4.78, 5) is 16.3. The summed E-state index contributed by atoms with van der Waals surface area (Å²) in [5.41, 5.74) is 1.58. The summed E-state index contributed by atoms with van der Waals surface area (Å²) in [5.74, 6) is -0.748. The third-order valence-corrected chi connectivity index (χ3v) is 3.97. The van der Waals surface area contributed by atoms with Crippen LogP contribution >= 0.6 is 11.6 Å². The molecule has 3 rings (SSSR count). The van der Waals surface area contributed by atoms with Gasteiger partial charge in [-0.25, -0.2) is 13.8 Å². The van der Waals surface area contributed by atoms with Crippen molar-refractivity contribution < 1.29 is 13.6 Å². The summed E-state index contributed by atoms with van der Waals surface area (Å²) in [7, 11) is 0. The Hall–Kier alpha value is -2.99. The minimum absolute atomic E-state index is 0.0559. The number of carbonyl (C=O) groups excluding carboxylic acids is 1. The first-order chi connectivity index (χ1) is 12.5. The molecule has 0 saturated carbocycles. The number of amides is 1. The third kappa shape index (κ3) is 4.55. The van der Waals surface area contributed by atoms with Gasteiger partial charge in [0, 0.05) is 23.6 Å². The molecule has 26 heavy (non-hydrogen) atoms. The average molecular weight is 374 g/mol. The number of rotatable bonds is 5. The molecule has 3 aromatic rings.